The third kappa shape index (κ3) is 2.40. The van der Waals surface area contributed by atoms with Gasteiger partial charge in [0.15, 0.2) is 0 Å². The molecule has 1 N–H and O–H groups in total. The number of aromatic nitrogens is 2. The highest BCUT2D eigenvalue weighted by Crippen LogP contribution is 2.29. The lowest BCUT2D eigenvalue weighted by molar-refractivity contribution is 0.0886. The normalized spacial score (nSPS) is 18.1. The first-order valence-corrected chi connectivity index (χ1v) is 7.58. The van der Waals surface area contributed by atoms with Gasteiger partial charge in [-0.1, -0.05) is 25.3 Å². The van der Waals surface area contributed by atoms with Crippen molar-refractivity contribution in [3.63, 3.8) is 0 Å². The van der Waals surface area contributed by atoms with Crippen molar-refractivity contribution in [1.29, 1.82) is 0 Å². The van der Waals surface area contributed by atoms with Crippen molar-refractivity contribution in [3.05, 3.63) is 36.2 Å². The van der Waals surface area contributed by atoms with E-state index in [-0.39, 0.29) is 11.4 Å². The Morgan fingerprint density at radius 2 is 2.15 bits per heavy atom. The molecule has 0 atom stereocenters. The minimum Gasteiger partial charge on any atom is -0.345 e. The summed E-state index contributed by atoms with van der Waals surface area (Å²) >= 11 is 6.13. The van der Waals surface area contributed by atoms with Crippen LogP contribution in [0.5, 0.6) is 0 Å². The first-order valence-electron chi connectivity index (χ1n) is 7.05. The maximum absolute atomic E-state index is 12.5. The van der Waals surface area contributed by atoms with Crippen LogP contribution >= 0.6 is 11.6 Å². The molecule has 1 amide bonds. The van der Waals surface area contributed by atoms with Crippen LogP contribution in [-0.4, -0.2) is 26.9 Å². The Hall–Kier alpha value is -1.55. The average molecular weight is 292 g/mol. The van der Waals surface area contributed by atoms with E-state index < -0.39 is 0 Å². The van der Waals surface area contributed by atoms with Crippen molar-refractivity contribution in [2.24, 2.45) is 0 Å². The largest absolute Gasteiger partial charge is 0.345 e. The molecular formula is C15H18ClN3O. The Bertz CT molecular complexity index is 616. The van der Waals surface area contributed by atoms with Gasteiger partial charge in [-0.15, -0.1) is 11.6 Å². The van der Waals surface area contributed by atoms with Crippen LogP contribution in [0, 0.1) is 0 Å². The van der Waals surface area contributed by atoms with Crippen molar-refractivity contribution in [2.45, 2.75) is 37.6 Å². The van der Waals surface area contributed by atoms with Crippen LogP contribution in [0.3, 0.4) is 0 Å². The molecule has 106 valence electrons. The zero-order valence-corrected chi connectivity index (χ0v) is 12.1. The number of rotatable bonds is 3. The van der Waals surface area contributed by atoms with Gasteiger partial charge in [0.2, 0.25) is 0 Å². The minimum atomic E-state index is -0.250. The van der Waals surface area contributed by atoms with E-state index in [1.54, 1.807) is 10.7 Å². The number of fused-ring (bicyclic) bond motifs is 1. The molecule has 0 unspecified atom stereocenters. The number of halogens is 1. The second kappa shape index (κ2) is 5.44. The molecular weight excluding hydrogens is 274 g/mol. The third-order valence-corrected chi connectivity index (χ3v) is 4.63. The Morgan fingerprint density at radius 1 is 1.35 bits per heavy atom. The Labute approximate surface area is 123 Å². The van der Waals surface area contributed by atoms with Crippen LogP contribution in [0.2, 0.25) is 0 Å². The van der Waals surface area contributed by atoms with Crippen molar-refractivity contribution >= 4 is 23.0 Å². The quantitative estimate of drug-likeness (QED) is 0.884. The van der Waals surface area contributed by atoms with Gasteiger partial charge in [-0.3, -0.25) is 4.79 Å². The molecule has 0 spiro atoms. The van der Waals surface area contributed by atoms with E-state index in [0.717, 1.165) is 31.2 Å². The molecule has 5 heteroatoms. The fourth-order valence-corrected chi connectivity index (χ4v) is 3.27. The number of amides is 1. The van der Waals surface area contributed by atoms with Crippen LogP contribution in [0.25, 0.3) is 5.52 Å². The Kier molecular flexibility index (Phi) is 3.66. The molecule has 1 aliphatic carbocycles. The molecule has 4 nitrogen and oxygen atoms in total. The van der Waals surface area contributed by atoms with Crippen LogP contribution in [0.15, 0.2) is 30.6 Å². The number of hydrogen-bond acceptors (Lipinski definition) is 2. The summed E-state index contributed by atoms with van der Waals surface area (Å²) in [6, 6.07) is 5.70. The number of hydrogen-bond donors (Lipinski definition) is 1. The molecule has 1 fully saturated rings. The summed E-state index contributed by atoms with van der Waals surface area (Å²) in [7, 11) is 0. The third-order valence-electron chi connectivity index (χ3n) is 4.12. The topological polar surface area (TPSA) is 46.4 Å². The standard InChI is InChI=1S/C15H18ClN3O/c16-11-15(7-3-1-4-8-15)18-14(20)12-10-17-19-9-5-2-6-13(12)19/h2,5-6,9-10H,1,3-4,7-8,11H2,(H,18,20). The van der Waals surface area contributed by atoms with Gasteiger partial charge in [-0.25, -0.2) is 4.52 Å². The first-order chi connectivity index (χ1) is 9.74. The molecule has 0 aromatic carbocycles. The molecule has 1 saturated carbocycles. The number of pyridine rings is 1. The van der Waals surface area contributed by atoms with Gasteiger partial charge in [-0.2, -0.15) is 5.10 Å². The zero-order chi connectivity index (χ0) is 14.0. The molecule has 0 aliphatic heterocycles. The maximum Gasteiger partial charge on any atom is 0.255 e. The fraction of sp³-hybridized carbons (Fsp3) is 0.467. The zero-order valence-electron chi connectivity index (χ0n) is 11.3. The van der Waals surface area contributed by atoms with Gasteiger partial charge in [0.05, 0.1) is 22.8 Å². The number of nitrogens with zero attached hydrogens (tertiary/aromatic N) is 2. The highest BCUT2D eigenvalue weighted by Gasteiger charge is 2.33. The fourth-order valence-electron chi connectivity index (χ4n) is 2.94. The summed E-state index contributed by atoms with van der Waals surface area (Å²) in [6.07, 6.45) is 8.86. The number of nitrogens with one attached hydrogen (secondary N) is 1. The van der Waals surface area contributed by atoms with Gasteiger partial charge in [-0.05, 0) is 25.0 Å². The monoisotopic (exact) mass is 291 g/mol. The van der Waals surface area contributed by atoms with E-state index >= 15 is 0 Å². The van der Waals surface area contributed by atoms with Gasteiger partial charge >= 0.3 is 0 Å². The van der Waals surface area contributed by atoms with E-state index in [2.05, 4.69) is 10.4 Å². The number of carbonyl (C=O) groups excluding carboxylic acids is 1. The van der Waals surface area contributed by atoms with E-state index in [1.807, 2.05) is 24.4 Å². The molecule has 2 aromatic rings. The predicted molar refractivity (Wildman–Crippen MR) is 79.2 cm³/mol. The average Bonchev–Trinajstić information content (AvgIpc) is 2.92. The Morgan fingerprint density at radius 3 is 2.90 bits per heavy atom. The van der Waals surface area contributed by atoms with Gasteiger partial charge < -0.3 is 5.32 Å². The summed E-state index contributed by atoms with van der Waals surface area (Å²) in [4.78, 5) is 12.5. The highest BCUT2D eigenvalue weighted by atomic mass is 35.5. The van der Waals surface area contributed by atoms with Crippen molar-refractivity contribution in [1.82, 2.24) is 14.9 Å². The van der Waals surface area contributed by atoms with Crippen LogP contribution < -0.4 is 5.32 Å². The number of alkyl halides is 1. The lowest BCUT2D eigenvalue weighted by atomic mass is 9.83. The molecule has 0 radical (unpaired) electrons. The molecule has 2 heterocycles. The smallest absolute Gasteiger partial charge is 0.255 e. The molecule has 20 heavy (non-hydrogen) atoms. The molecule has 0 bridgehead atoms. The second-order valence-corrected chi connectivity index (χ2v) is 5.78. The highest BCUT2D eigenvalue weighted by molar-refractivity contribution is 6.19. The SMILES string of the molecule is O=C(NC1(CCl)CCCCC1)c1cnn2ccccc12. The Balaban J connectivity index is 1.85. The predicted octanol–water partition coefficient (Wildman–Crippen LogP) is 3.01. The second-order valence-electron chi connectivity index (χ2n) is 5.52. The van der Waals surface area contributed by atoms with Gasteiger partial charge in [0.1, 0.15) is 0 Å². The molecule has 2 aromatic heterocycles. The summed E-state index contributed by atoms with van der Waals surface area (Å²) in [5.41, 5.74) is 1.19. The molecule has 3 rings (SSSR count). The van der Waals surface area contributed by atoms with Crippen LogP contribution in [-0.2, 0) is 0 Å². The first kappa shape index (κ1) is 13.4. The van der Waals surface area contributed by atoms with E-state index in [4.69, 9.17) is 11.6 Å². The summed E-state index contributed by atoms with van der Waals surface area (Å²) in [5.74, 6) is 0.395. The summed E-state index contributed by atoms with van der Waals surface area (Å²) in [5, 5.41) is 7.36. The van der Waals surface area contributed by atoms with Crippen LogP contribution in [0.1, 0.15) is 42.5 Å². The molecule has 1 aliphatic rings. The maximum atomic E-state index is 12.5. The summed E-state index contributed by atoms with van der Waals surface area (Å²) < 4.78 is 1.71. The van der Waals surface area contributed by atoms with Gasteiger partial charge in [0, 0.05) is 12.1 Å². The lowest BCUT2D eigenvalue weighted by Crippen LogP contribution is -2.51. The van der Waals surface area contributed by atoms with Crippen LogP contribution in [0.4, 0.5) is 0 Å². The van der Waals surface area contributed by atoms with Crippen molar-refractivity contribution < 1.29 is 4.79 Å². The van der Waals surface area contributed by atoms with Crippen molar-refractivity contribution in [3.8, 4) is 0 Å². The van der Waals surface area contributed by atoms with Crippen molar-refractivity contribution in [2.75, 3.05) is 5.88 Å². The minimum absolute atomic E-state index is 0.0752. The summed E-state index contributed by atoms with van der Waals surface area (Å²) in [6.45, 7) is 0. The number of carbonyl (C=O) groups is 1. The molecule has 0 saturated heterocycles. The van der Waals surface area contributed by atoms with E-state index in [0.29, 0.717) is 11.4 Å². The lowest BCUT2D eigenvalue weighted by Gasteiger charge is -2.36. The van der Waals surface area contributed by atoms with E-state index in [1.165, 1.54) is 6.42 Å². The van der Waals surface area contributed by atoms with E-state index in [9.17, 15) is 4.79 Å². The van der Waals surface area contributed by atoms with Gasteiger partial charge in [0.25, 0.3) is 5.91 Å².